The first-order chi connectivity index (χ1) is 17.0. The van der Waals surface area contributed by atoms with Gasteiger partial charge in [0.05, 0.1) is 13.2 Å². The number of ether oxygens (including phenoxy) is 2. The van der Waals surface area contributed by atoms with E-state index in [1.165, 1.54) is 0 Å². The highest BCUT2D eigenvalue weighted by Crippen LogP contribution is 2.38. The van der Waals surface area contributed by atoms with Crippen LogP contribution in [0.1, 0.15) is 31.4 Å². The van der Waals surface area contributed by atoms with Gasteiger partial charge in [0, 0.05) is 36.9 Å². The average Bonchev–Trinajstić information content (AvgIpc) is 3.22. The van der Waals surface area contributed by atoms with Gasteiger partial charge in [0.25, 0.3) is 0 Å². The smallest absolute Gasteiger partial charge is 0.329 e. The molecule has 2 aromatic carbocycles. The zero-order valence-corrected chi connectivity index (χ0v) is 20.2. The van der Waals surface area contributed by atoms with Gasteiger partial charge in [0.15, 0.2) is 0 Å². The molecule has 1 fully saturated rings. The summed E-state index contributed by atoms with van der Waals surface area (Å²) in [5.41, 5.74) is 5.06. The van der Waals surface area contributed by atoms with Crippen molar-refractivity contribution < 1.29 is 24.5 Å². The fourth-order valence-corrected chi connectivity index (χ4v) is 5.00. The molecule has 1 aromatic heterocycles. The van der Waals surface area contributed by atoms with Gasteiger partial charge >= 0.3 is 5.97 Å². The molecule has 0 amide bonds. The van der Waals surface area contributed by atoms with Gasteiger partial charge in [-0.25, -0.2) is 4.79 Å². The molecule has 2 N–H and O–H groups in total. The Kier molecular flexibility index (Phi) is 8.55. The minimum atomic E-state index is -0.919. The lowest BCUT2D eigenvalue weighted by Crippen LogP contribution is -2.24. The Hall–Kier alpha value is -3.16. The van der Waals surface area contributed by atoms with Gasteiger partial charge in [-0.1, -0.05) is 42.5 Å². The predicted molar refractivity (Wildman–Crippen MR) is 134 cm³/mol. The Morgan fingerprint density at radius 1 is 1.03 bits per heavy atom. The van der Waals surface area contributed by atoms with Crippen LogP contribution in [0, 0.1) is 11.8 Å². The van der Waals surface area contributed by atoms with Crippen molar-refractivity contribution in [1.82, 2.24) is 9.78 Å². The Balaban J connectivity index is 1.60. The fraction of sp³-hybridized carbons (Fsp3) is 0.429. The van der Waals surface area contributed by atoms with Crippen molar-refractivity contribution in [2.75, 3.05) is 26.9 Å². The number of nitrogens with zero attached hydrogens (tertiary/aromatic N) is 2. The van der Waals surface area contributed by atoms with Crippen molar-refractivity contribution in [3.05, 3.63) is 60.3 Å². The molecule has 1 saturated carbocycles. The van der Waals surface area contributed by atoms with E-state index in [1.54, 1.807) is 19.2 Å². The van der Waals surface area contributed by atoms with E-state index in [4.69, 9.17) is 19.7 Å². The highest BCUT2D eigenvalue weighted by atomic mass is 16.5. The number of hydrogen-bond acceptors (Lipinski definition) is 5. The summed E-state index contributed by atoms with van der Waals surface area (Å²) in [5.74, 6) is 0.222. The van der Waals surface area contributed by atoms with Gasteiger partial charge < -0.3 is 19.7 Å². The molecule has 7 nitrogen and oxygen atoms in total. The van der Waals surface area contributed by atoms with Crippen LogP contribution < -0.4 is 0 Å². The Morgan fingerprint density at radius 2 is 1.74 bits per heavy atom. The van der Waals surface area contributed by atoms with E-state index in [2.05, 4.69) is 16.8 Å². The van der Waals surface area contributed by atoms with Gasteiger partial charge in [0.1, 0.15) is 18.1 Å². The van der Waals surface area contributed by atoms with E-state index in [9.17, 15) is 9.90 Å². The van der Waals surface area contributed by atoms with Crippen LogP contribution in [-0.4, -0.2) is 52.9 Å². The normalized spacial score (nSPS) is 18.0. The van der Waals surface area contributed by atoms with Crippen LogP contribution in [0.25, 0.3) is 22.4 Å². The maximum absolute atomic E-state index is 10.7. The first kappa shape index (κ1) is 24.9. The topological polar surface area (TPSA) is 93.8 Å². The number of aromatic hydroxyl groups is 1. The van der Waals surface area contributed by atoms with Crippen LogP contribution >= 0.6 is 0 Å². The molecular weight excluding hydrogens is 444 g/mol. The van der Waals surface area contributed by atoms with Crippen molar-refractivity contribution in [3.63, 3.8) is 0 Å². The summed E-state index contributed by atoms with van der Waals surface area (Å²) in [6.45, 7) is 1.69. The second-order valence-corrected chi connectivity index (χ2v) is 9.31. The van der Waals surface area contributed by atoms with E-state index in [0.29, 0.717) is 25.0 Å². The molecule has 1 aliphatic rings. The lowest BCUT2D eigenvalue weighted by Gasteiger charge is -2.28. The van der Waals surface area contributed by atoms with Crippen LogP contribution in [0.4, 0.5) is 0 Å². The van der Waals surface area contributed by atoms with Crippen LogP contribution in [0.2, 0.25) is 0 Å². The largest absolute Gasteiger partial charge is 0.508 e. The number of carboxylic acid groups (broad SMARTS) is 1. The number of carbonyl (C=O) groups is 1. The van der Waals surface area contributed by atoms with Crippen LogP contribution in [0.15, 0.2) is 54.6 Å². The zero-order chi connectivity index (χ0) is 24.6. The summed E-state index contributed by atoms with van der Waals surface area (Å²) in [5, 5.41) is 24.1. The Morgan fingerprint density at radius 3 is 2.43 bits per heavy atom. The van der Waals surface area contributed by atoms with Crippen molar-refractivity contribution in [3.8, 4) is 28.1 Å². The van der Waals surface area contributed by atoms with Gasteiger partial charge in [-0.2, -0.15) is 5.10 Å². The molecule has 0 aliphatic heterocycles. The summed E-state index contributed by atoms with van der Waals surface area (Å²) in [6, 6.07) is 17.5. The zero-order valence-electron chi connectivity index (χ0n) is 20.2. The molecule has 186 valence electrons. The third kappa shape index (κ3) is 6.50. The maximum atomic E-state index is 10.7. The first-order valence-corrected chi connectivity index (χ1v) is 12.3. The van der Waals surface area contributed by atoms with E-state index in [-0.39, 0.29) is 12.4 Å². The van der Waals surface area contributed by atoms with Crippen molar-refractivity contribution in [2.24, 2.45) is 11.8 Å². The molecule has 0 unspecified atom stereocenters. The lowest BCUT2D eigenvalue weighted by atomic mass is 9.82. The second-order valence-electron chi connectivity index (χ2n) is 9.31. The first-order valence-electron chi connectivity index (χ1n) is 12.3. The number of benzene rings is 2. The number of phenolic OH excluding ortho intramolecular Hbond substituents is 1. The average molecular weight is 479 g/mol. The fourth-order valence-electron chi connectivity index (χ4n) is 5.00. The summed E-state index contributed by atoms with van der Waals surface area (Å²) in [6.07, 6.45) is 4.91. The standard InChI is InChI=1S/C28H34N2O5/c1-34-15-14-25-27(23-8-5-9-24(31)16-23)28(22-6-3-2-4-7-22)29-30(25)17-20-10-12-21(13-11-20)18-35-19-26(32)33/h2-9,16,20-21,31H,10-15,17-19H2,1H3,(H,32,33)/t20-,21-. The maximum Gasteiger partial charge on any atom is 0.329 e. The molecule has 1 heterocycles. The molecule has 0 spiro atoms. The van der Waals surface area contributed by atoms with Gasteiger partial charge in [-0.05, 0) is 55.2 Å². The molecule has 0 bridgehead atoms. The van der Waals surface area contributed by atoms with Crippen LogP contribution in [0.3, 0.4) is 0 Å². The van der Waals surface area contributed by atoms with Crippen LogP contribution in [-0.2, 0) is 27.2 Å². The van der Waals surface area contributed by atoms with Crippen molar-refractivity contribution in [1.29, 1.82) is 0 Å². The molecule has 0 atom stereocenters. The lowest BCUT2D eigenvalue weighted by molar-refractivity contribution is -0.142. The number of aliphatic carboxylic acids is 1. The number of carboxylic acids is 1. The highest BCUT2D eigenvalue weighted by Gasteiger charge is 2.26. The van der Waals surface area contributed by atoms with E-state index < -0.39 is 5.97 Å². The summed E-state index contributed by atoms with van der Waals surface area (Å²) in [4.78, 5) is 10.7. The number of phenols is 1. The molecule has 1 aliphatic carbocycles. The third-order valence-corrected chi connectivity index (χ3v) is 6.76. The minimum Gasteiger partial charge on any atom is -0.508 e. The van der Waals surface area contributed by atoms with Gasteiger partial charge in [-0.3, -0.25) is 4.68 Å². The van der Waals surface area contributed by atoms with Gasteiger partial charge in [0.2, 0.25) is 0 Å². The molecule has 0 radical (unpaired) electrons. The molecule has 7 heteroatoms. The summed E-state index contributed by atoms with van der Waals surface area (Å²) in [7, 11) is 1.71. The molecule has 0 saturated heterocycles. The Labute approximate surface area is 206 Å². The van der Waals surface area contributed by atoms with Crippen molar-refractivity contribution >= 4 is 5.97 Å². The predicted octanol–water partition coefficient (Wildman–Crippen LogP) is 5.02. The molecule has 3 aromatic rings. The summed E-state index contributed by atoms with van der Waals surface area (Å²) < 4.78 is 12.9. The van der Waals surface area contributed by atoms with E-state index in [1.807, 2.05) is 30.3 Å². The quantitative estimate of drug-likeness (QED) is 0.402. The van der Waals surface area contributed by atoms with E-state index >= 15 is 0 Å². The monoisotopic (exact) mass is 478 g/mol. The third-order valence-electron chi connectivity index (χ3n) is 6.76. The van der Waals surface area contributed by atoms with Crippen LogP contribution in [0.5, 0.6) is 5.75 Å². The number of hydrogen-bond donors (Lipinski definition) is 2. The number of rotatable bonds is 11. The van der Waals surface area contributed by atoms with E-state index in [0.717, 1.165) is 66.7 Å². The minimum absolute atomic E-state index is 0.226. The van der Waals surface area contributed by atoms with Crippen molar-refractivity contribution in [2.45, 2.75) is 38.6 Å². The SMILES string of the molecule is COCCc1c(-c2cccc(O)c2)c(-c2ccccc2)nn1C[C@H]1CC[C@H](COCC(=O)O)CC1. The highest BCUT2D eigenvalue weighted by molar-refractivity contribution is 5.83. The Bertz CT molecular complexity index is 1100. The summed E-state index contributed by atoms with van der Waals surface area (Å²) >= 11 is 0. The molecule has 4 rings (SSSR count). The number of aromatic nitrogens is 2. The molecule has 35 heavy (non-hydrogen) atoms. The molecular formula is C28H34N2O5. The number of methoxy groups -OCH3 is 1. The second kappa shape index (κ2) is 12.0. The van der Waals surface area contributed by atoms with Gasteiger partial charge in [-0.15, -0.1) is 0 Å².